The standard InChI is InChI=1S/C9H18N2O.C8H15NO/c1-2-10-3-4-11-5-6-12-8-9(11)7-10;1-2-9-6-8(7-9)4-3-5-10-8/h9H,2-8H2,1H3;2-7H2,1H3. The first-order valence-electron chi connectivity index (χ1n) is 9.15. The molecular formula is C17H33N3O2. The number of ether oxygens (including phenoxy) is 2. The number of piperazine rings is 1. The highest BCUT2D eigenvalue weighted by Crippen LogP contribution is 2.34. The molecule has 4 fully saturated rings. The van der Waals surface area contributed by atoms with Crippen LogP contribution < -0.4 is 0 Å². The van der Waals surface area contributed by atoms with Crippen molar-refractivity contribution >= 4 is 0 Å². The molecule has 22 heavy (non-hydrogen) atoms. The number of nitrogens with zero attached hydrogens (tertiary/aromatic N) is 3. The highest BCUT2D eigenvalue weighted by molar-refractivity contribution is 4.99. The van der Waals surface area contributed by atoms with Gasteiger partial charge in [-0.2, -0.15) is 0 Å². The van der Waals surface area contributed by atoms with Crippen LogP contribution in [0.2, 0.25) is 0 Å². The Bertz CT molecular complexity index is 339. The fourth-order valence-corrected chi connectivity index (χ4v) is 4.10. The molecule has 1 spiro atoms. The molecule has 0 aromatic carbocycles. The summed E-state index contributed by atoms with van der Waals surface area (Å²) in [4.78, 5) is 7.51. The van der Waals surface area contributed by atoms with Crippen LogP contribution in [0.4, 0.5) is 0 Å². The van der Waals surface area contributed by atoms with Crippen molar-refractivity contribution in [3.8, 4) is 0 Å². The van der Waals surface area contributed by atoms with E-state index in [1.165, 1.54) is 58.7 Å². The number of likely N-dealkylation sites (N-methyl/N-ethyl adjacent to an activating group) is 2. The van der Waals surface area contributed by atoms with Gasteiger partial charge >= 0.3 is 0 Å². The van der Waals surface area contributed by atoms with Crippen LogP contribution in [0, 0.1) is 0 Å². The van der Waals surface area contributed by atoms with Crippen molar-refractivity contribution in [3.63, 3.8) is 0 Å². The SMILES string of the molecule is CCN1CC2(CCCO2)C1.CCN1CCN2CCOCC2C1. The van der Waals surface area contributed by atoms with Crippen molar-refractivity contribution in [2.24, 2.45) is 0 Å². The quantitative estimate of drug-likeness (QED) is 0.755. The van der Waals surface area contributed by atoms with Crippen LogP contribution in [0.1, 0.15) is 26.7 Å². The molecule has 1 unspecified atom stereocenters. The van der Waals surface area contributed by atoms with E-state index in [-0.39, 0.29) is 0 Å². The Morgan fingerprint density at radius 2 is 1.82 bits per heavy atom. The molecule has 0 amide bonds. The summed E-state index contributed by atoms with van der Waals surface area (Å²) < 4.78 is 11.1. The lowest BCUT2D eigenvalue weighted by atomic mass is 9.91. The second-order valence-corrected chi connectivity index (χ2v) is 7.10. The van der Waals surface area contributed by atoms with Crippen LogP contribution in [0.5, 0.6) is 0 Å². The van der Waals surface area contributed by atoms with Crippen molar-refractivity contribution in [2.75, 3.05) is 72.2 Å². The minimum Gasteiger partial charge on any atom is -0.378 e. The summed E-state index contributed by atoms with van der Waals surface area (Å²) in [7, 11) is 0. The van der Waals surface area contributed by atoms with E-state index in [9.17, 15) is 0 Å². The summed E-state index contributed by atoms with van der Waals surface area (Å²) in [5, 5.41) is 0. The molecule has 128 valence electrons. The molecule has 0 aromatic heterocycles. The summed E-state index contributed by atoms with van der Waals surface area (Å²) >= 11 is 0. The third-order valence-corrected chi connectivity index (χ3v) is 5.62. The molecule has 1 atom stereocenters. The van der Waals surface area contributed by atoms with Gasteiger partial charge in [0.1, 0.15) is 0 Å². The molecular weight excluding hydrogens is 278 g/mol. The molecule has 5 nitrogen and oxygen atoms in total. The Morgan fingerprint density at radius 1 is 1.00 bits per heavy atom. The maximum Gasteiger partial charge on any atom is 0.0935 e. The molecule has 0 saturated carbocycles. The van der Waals surface area contributed by atoms with Crippen molar-refractivity contribution in [3.05, 3.63) is 0 Å². The van der Waals surface area contributed by atoms with E-state index in [2.05, 4.69) is 28.5 Å². The third kappa shape index (κ3) is 3.82. The summed E-state index contributed by atoms with van der Waals surface area (Å²) in [5.41, 5.74) is 0.315. The summed E-state index contributed by atoms with van der Waals surface area (Å²) in [6, 6.07) is 0.674. The van der Waals surface area contributed by atoms with Crippen molar-refractivity contribution in [1.82, 2.24) is 14.7 Å². The highest BCUT2D eigenvalue weighted by atomic mass is 16.5. The van der Waals surface area contributed by atoms with Gasteiger partial charge in [-0.15, -0.1) is 0 Å². The second-order valence-electron chi connectivity index (χ2n) is 7.10. The normalized spacial score (nSPS) is 32.2. The van der Waals surface area contributed by atoms with Gasteiger partial charge in [0.15, 0.2) is 0 Å². The van der Waals surface area contributed by atoms with Gasteiger partial charge in [-0.1, -0.05) is 13.8 Å². The largest absolute Gasteiger partial charge is 0.378 e. The van der Waals surface area contributed by atoms with Gasteiger partial charge in [0.2, 0.25) is 0 Å². The predicted octanol–water partition coefficient (Wildman–Crippen LogP) is 0.894. The Labute approximate surface area is 135 Å². The summed E-state index contributed by atoms with van der Waals surface area (Å²) in [6.45, 7) is 16.9. The molecule has 4 saturated heterocycles. The molecule has 0 aliphatic carbocycles. The fraction of sp³-hybridized carbons (Fsp3) is 1.00. The lowest BCUT2D eigenvalue weighted by Gasteiger charge is -2.46. The van der Waals surface area contributed by atoms with Crippen LogP contribution in [-0.4, -0.2) is 98.5 Å². The lowest BCUT2D eigenvalue weighted by molar-refractivity contribution is -0.109. The average molecular weight is 311 g/mol. The van der Waals surface area contributed by atoms with Crippen LogP contribution in [0.15, 0.2) is 0 Å². The van der Waals surface area contributed by atoms with Crippen LogP contribution in [-0.2, 0) is 9.47 Å². The first kappa shape index (κ1) is 16.7. The lowest BCUT2D eigenvalue weighted by Crippen LogP contribution is -2.60. The first-order valence-corrected chi connectivity index (χ1v) is 9.15. The number of rotatable bonds is 2. The van der Waals surface area contributed by atoms with E-state index in [4.69, 9.17) is 9.47 Å². The van der Waals surface area contributed by atoms with Gasteiger partial charge in [-0.05, 0) is 25.9 Å². The Hall–Kier alpha value is -0.200. The van der Waals surface area contributed by atoms with Gasteiger partial charge < -0.3 is 14.4 Å². The van der Waals surface area contributed by atoms with Crippen molar-refractivity contribution in [1.29, 1.82) is 0 Å². The predicted molar refractivity (Wildman–Crippen MR) is 88.3 cm³/mol. The number of hydrogen-bond acceptors (Lipinski definition) is 5. The van der Waals surface area contributed by atoms with Gasteiger partial charge in [0.05, 0.1) is 18.8 Å². The van der Waals surface area contributed by atoms with Gasteiger partial charge in [0, 0.05) is 51.9 Å². The zero-order valence-electron chi connectivity index (χ0n) is 14.4. The first-order chi connectivity index (χ1) is 10.7. The van der Waals surface area contributed by atoms with Gasteiger partial charge in [-0.25, -0.2) is 0 Å². The number of likely N-dealkylation sites (tertiary alicyclic amines) is 1. The molecule has 0 bridgehead atoms. The van der Waals surface area contributed by atoms with Crippen LogP contribution in [0.3, 0.4) is 0 Å². The van der Waals surface area contributed by atoms with Crippen LogP contribution in [0.25, 0.3) is 0 Å². The van der Waals surface area contributed by atoms with Crippen molar-refractivity contribution < 1.29 is 9.47 Å². The maximum atomic E-state index is 5.67. The van der Waals surface area contributed by atoms with E-state index < -0.39 is 0 Å². The summed E-state index contributed by atoms with van der Waals surface area (Å²) in [5.74, 6) is 0. The number of hydrogen-bond donors (Lipinski definition) is 0. The Balaban J connectivity index is 0.000000133. The minimum atomic E-state index is 0.315. The van der Waals surface area contributed by atoms with Gasteiger partial charge in [-0.3, -0.25) is 9.80 Å². The zero-order chi connectivity index (χ0) is 15.4. The molecule has 4 aliphatic rings. The minimum absolute atomic E-state index is 0.315. The van der Waals surface area contributed by atoms with Crippen molar-refractivity contribution in [2.45, 2.75) is 38.3 Å². The number of morpholine rings is 1. The smallest absolute Gasteiger partial charge is 0.0935 e. The molecule has 0 aromatic rings. The topological polar surface area (TPSA) is 28.2 Å². The second kappa shape index (κ2) is 7.58. The monoisotopic (exact) mass is 311 g/mol. The van der Waals surface area contributed by atoms with E-state index in [1.807, 2.05) is 0 Å². The fourth-order valence-electron chi connectivity index (χ4n) is 4.10. The molecule has 4 aliphatic heterocycles. The average Bonchev–Trinajstić information content (AvgIpc) is 3.03. The van der Waals surface area contributed by atoms with E-state index in [1.54, 1.807) is 0 Å². The molecule has 0 radical (unpaired) electrons. The number of fused-ring (bicyclic) bond motifs is 1. The Morgan fingerprint density at radius 3 is 2.50 bits per heavy atom. The zero-order valence-corrected chi connectivity index (χ0v) is 14.4. The van der Waals surface area contributed by atoms with Crippen LogP contribution >= 0.6 is 0 Å². The molecule has 4 heterocycles. The maximum absolute atomic E-state index is 5.67. The molecule has 4 rings (SSSR count). The van der Waals surface area contributed by atoms with E-state index >= 15 is 0 Å². The Kier molecular flexibility index (Phi) is 5.74. The summed E-state index contributed by atoms with van der Waals surface area (Å²) in [6.07, 6.45) is 2.57. The highest BCUT2D eigenvalue weighted by Gasteiger charge is 2.45. The van der Waals surface area contributed by atoms with E-state index in [0.29, 0.717) is 11.6 Å². The molecule has 5 heteroatoms. The third-order valence-electron chi connectivity index (χ3n) is 5.62. The van der Waals surface area contributed by atoms with E-state index in [0.717, 1.165) is 26.4 Å². The van der Waals surface area contributed by atoms with Gasteiger partial charge in [0.25, 0.3) is 0 Å². The molecule has 0 N–H and O–H groups in total.